The third kappa shape index (κ3) is 4.04. The Hall–Kier alpha value is -2.40. The topological polar surface area (TPSA) is 39.2 Å². The standard InChI is InChI=1S/C23H24FNO2S/c1-5-27-22(26)23(3,4)28-21-12-13-25-14-19(21)15(2)16-10-11-20(24)18-9-7-6-8-17(16)18/h6-15H,5H2,1-4H3. The maximum absolute atomic E-state index is 14.2. The summed E-state index contributed by atoms with van der Waals surface area (Å²) in [4.78, 5) is 17.6. The van der Waals surface area contributed by atoms with Crippen LogP contribution in [0, 0.1) is 5.82 Å². The summed E-state index contributed by atoms with van der Waals surface area (Å²) < 4.78 is 18.7. The Morgan fingerprint density at radius 2 is 1.86 bits per heavy atom. The second-order valence-electron chi connectivity index (χ2n) is 7.15. The number of hydrogen-bond donors (Lipinski definition) is 0. The molecule has 1 heterocycles. The monoisotopic (exact) mass is 397 g/mol. The van der Waals surface area contributed by atoms with Crippen LogP contribution in [0.4, 0.5) is 4.39 Å². The zero-order chi connectivity index (χ0) is 20.3. The molecule has 0 N–H and O–H groups in total. The van der Waals surface area contributed by atoms with E-state index in [4.69, 9.17) is 4.74 Å². The highest BCUT2D eigenvalue weighted by Gasteiger charge is 2.32. The molecule has 3 nitrogen and oxygen atoms in total. The molecule has 2 aromatic carbocycles. The van der Waals surface area contributed by atoms with Gasteiger partial charge >= 0.3 is 5.97 Å². The van der Waals surface area contributed by atoms with Gasteiger partial charge in [0, 0.05) is 28.6 Å². The maximum Gasteiger partial charge on any atom is 0.321 e. The van der Waals surface area contributed by atoms with Gasteiger partial charge in [0.05, 0.1) is 6.61 Å². The van der Waals surface area contributed by atoms with Crippen LogP contribution in [-0.4, -0.2) is 22.3 Å². The van der Waals surface area contributed by atoms with Crippen molar-refractivity contribution in [2.75, 3.05) is 6.61 Å². The molecule has 0 fully saturated rings. The second-order valence-corrected chi connectivity index (χ2v) is 8.81. The summed E-state index contributed by atoms with van der Waals surface area (Å²) in [7, 11) is 0. The highest BCUT2D eigenvalue weighted by molar-refractivity contribution is 8.01. The van der Waals surface area contributed by atoms with Crippen LogP contribution in [0.3, 0.4) is 0 Å². The van der Waals surface area contributed by atoms with Gasteiger partial charge in [0.15, 0.2) is 0 Å². The highest BCUT2D eigenvalue weighted by Crippen LogP contribution is 2.40. The van der Waals surface area contributed by atoms with Gasteiger partial charge in [0.2, 0.25) is 0 Å². The Bertz CT molecular complexity index is 1000. The number of pyridine rings is 1. The van der Waals surface area contributed by atoms with E-state index in [2.05, 4.69) is 11.9 Å². The predicted octanol–water partition coefficient (Wildman–Crippen LogP) is 5.96. The van der Waals surface area contributed by atoms with Crippen LogP contribution in [-0.2, 0) is 9.53 Å². The van der Waals surface area contributed by atoms with Crippen LogP contribution in [0.1, 0.15) is 44.7 Å². The Kier molecular flexibility index (Phi) is 6.04. The van der Waals surface area contributed by atoms with Gasteiger partial charge in [-0.15, -0.1) is 11.8 Å². The Morgan fingerprint density at radius 1 is 1.14 bits per heavy atom. The average Bonchev–Trinajstić information content (AvgIpc) is 2.68. The fourth-order valence-electron chi connectivity index (χ4n) is 3.26. The highest BCUT2D eigenvalue weighted by atomic mass is 32.2. The smallest absolute Gasteiger partial charge is 0.321 e. The molecule has 1 unspecified atom stereocenters. The summed E-state index contributed by atoms with van der Waals surface area (Å²) >= 11 is 1.46. The first kappa shape index (κ1) is 20.3. The molecule has 0 saturated heterocycles. The van der Waals surface area contributed by atoms with Crippen LogP contribution in [0.2, 0.25) is 0 Å². The fraction of sp³-hybridized carbons (Fsp3) is 0.304. The normalized spacial score (nSPS) is 12.8. The molecule has 0 aliphatic heterocycles. The first-order chi connectivity index (χ1) is 13.3. The van der Waals surface area contributed by atoms with E-state index in [1.165, 1.54) is 17.8 Å². The zero-order valence-corrected chi connectivity index (χ0v) is 17.3. The number of benzene rings is 2. The Balaban J connectivity index is 2.02. The van der Waals surface area contributed by atoms with Gasteiger partial charge in [-0.2, -0.15) is 0 Å². The summed E-state index contributed by atoms with van der Waals surface area (Å²) in [5.41, 5.74) is 2.03. The van der Waals surface area contributed by atoms with Gasteiger partial charge in [-0.25, -0.2) is 4.39 Å². The van der Waals surface area contributed by atoms with E-state index in [9.17, 15) is 9.18 Å². The number of thioether (sulfide) groups is 1. The zero-order valence-electron chi connectivity index (χ0n) is 16.5. The number of carbonyl (C=O) groups is 1. The SMILES string of the molecule is CCOC(=O)C(C)(C)Sc1ccncc1C(C)c1ccc(F)c2ccccc12. The van der Waals surface area contributed by atoms with Crippen molar-refractivity contribution in [3.63, 3.8) is 0 Å². The lowest BCUT2D eigenvalue weighted by Crippen LogP contribution is -2.30. The largest absolute Gasteiger partial charge is 0.465 e. The molecule has 0 amide bonds. The van der Waals surface area contributed by atoms with E-state index in [-0.39, 0.29) is 17.7 Å². The molecule has 28 heavy (non-hydrogen) atoms. The van der Waals surface area contributed by atoms with Crippen molar-refractivity contribution < 1.29 is 13.9 Å². The van der Waals surface area contributed by atoms with E-state index in [1.807, 2.05) is 50.4 Å². The molecule has 0 radical (unpaired) electrons. The van der Waals surface area contributed by atoms with Gasteiger partial charge in [0.25, 0.3) is 0 Å². The molecule has 3 aromatic rings. The van der Waals surface area contributed by atoms with Crippen molar-refractivity contribution in [1.29, 1.82) is 0 Å². The lowest BCUT2D eigenvalue weighted by atomic mass is 9.90. The number of fused-ring (bicyclic) bond motifs is 1. The van der Waals surface area contributed by atoms with Crippen LogP contribution >= 0.6 is 11.8 Å². The van der Waals surface area contributed by atoms with E-state index in [1.54, 1.807) is 19.2 Å². The van der Waals surface area contributed by atoms with Crippen LogP contribution in [0.5, 0.6) is 0 Å². The van der Waals surface area contributed by atoms with Gasteiger partial charge < -0.3 is 4.74 Å². The van der Waals surface area contributed by atoms with Crippen molar-refractivity contribution in [3.8, 4) is 0 Å². The van der Waals surface area contributed by atoms with Crippen molar-refractivity contribution in [2.24, 2.45) is 0 Å². The molecule has 1 atom stereocenters. The predicted molar refractivity (Wildman–Crippen MR) is 112 cm³/mol. The molecular weight excluding hydrogens is 373 g/mol. The van der Waals surface area contributed by atoms with Crippen molar-refractivity contribution in [1.82, 2.24) is 4.98 Å². The Morgan fingerprint density at radius 3 is 2.57 bits per heavy atom. The Labute approximate surface area is 169 Å². The number of carbonyl (C=O) groups excluding carboxylic acids is 1. The third-order valence-corrected chi connectivity index (χ3v) is 6.05. The number of esters is 1. The molecule has 146 valence electrons. The molecule has 5 heteroatoms. The minimum Gasteiger partial charge on any atom is -0.465 e. The van der Waals surface area contributed by atoms with Gasteiger partial charge in [0.1, 0.15) is 10.6 Å². The minimum atomic E-state index is -0.725. The summed E-state index contributed by atoms with van der Waals surface area (Å²) in [5.74, 6) is -0.488. The second kappa shape index (κ2) is 8.31. The van der Waals surface area contributed by atoms with Crippen LogP contribution in [0.15, 0.2) is 59.8 Å². The van der Waals surface area contributed by atoms with Gasteiger partial charge in [-0.1, -0.05) is 37.3 Å². The summed E-state index contributed by atoms with van der Waals surface area (Å²) in [6.45, 7) is 7.95. The molecule has 1 aromatic heterocycles. The van der Waals surface area contributed by atoms with Crippen molar-refractivity contribution in [3.05, 3.63) is 71.8 Å². The first-order valence-corrected chi connectivity index (χ1v) is 10.1. The molecule has 0 spiro atoms. The average molecular weight is 398 g/mol. The van der Waals surface area contributed by atoms with E-state index >= 15 is 0 Å². The molecule has 0 aliphatic carbocycles. The van der Waals surface area contributed by atoms with Gasteiger partial charge in [-0.3, -0.25) is 9.78 Å². The number of aromatic nitrogens is 1. The van der Waals surface area contributed by atoms with E-state index in [0.29, 0.717) is 12.0 Å². The van der Waals surface area contributed by atoms with Crippen LogP contribution < -0.4 is 0 Å². The molecule has 0 aliphatic rings. The van der Waals surface area contributed by atoms with E-state index in [0.717, 1.165) is 21.4 Å². The minimum absolute atomic E-state index is 0.0142. The van der Waals surface area contributed by atoms with Crippen molar-refractivity contribution >= 4 is 28.5 Å². The molecular formula is C23H24FNO2S. The number of halogens is 1. The molecule has 3 rings (SSSR count). The molecule has 0 bridgehead atoms. The maximum atomic E-state index is 14.2. The summed E-state index contributed by atoms with van der Waals surface area (Å²) in [6.07, 6.45) is 3.55. The number of hydrogen-bond acceptors (Lipinski definition) is 4. The quantitative estimate of drug-likeness (QED) is 0.380. The van der Waals surface area contributed by atoms with E-state index < -0.39 is 4.75 Å². The summed E-state index contributed by atoms with van der Waals surface area (Å²) in [5, 5.41) is 1.50. The number of nitrogens with zero attached hydrogens (tertiary/aromatic N) is 1. The number of rotatable bonds is 6. The fourth-order valence-corrected chi connectivity index (χ4v) is 4.43. The van der Waals surface area contributed by atoms with Crippen LogP contribution in [0.25, 0.3) is 10.8 Å². The lowest BCUT2D eigenvalue weighted by Gasteiger charge is -2.25. The molecule has 0 saturated carbocycles. The summed E-state index contributed by atoms with van der Waals surface area (Å²) in [6, 6.07) is 12.8. The number of ether oxygens (including phenoxy) is 1. The van der Waals surface area contributed by atoms with Gasteiger partial charge in [-0.05, 0) is 49.4 Å². The first-order valence-electron chi connectivity index (χ1n) is 9.32. The third-order valence-electron chi connectivity index (χ3n) is 4.78. The van der Waals surface area contributed by atoms with Crippen molar-refractivity contribution in [2.45, 2.75) is 43.3 Å². The lowest BCUT2D eigenvalue weighted by molar-refractivity contribution is -0.145.